The maximum atomic E-state index is 14.9. The van der Waals surface area contributed by atoms with Gasteiger partial charge in [0, 0.05) is 100 Å². The first-order chi connectivity index (χ1) is 42.5. The molecule has 0 bridgehead atoms. The van der Waals surface area contributed by atoms with E-state index in [0.29, 0.717) is 87.0 Å². The van der Waals surface area contributed by atoms with Gasteiger partial charge < -0.3 is 53.8 Å². The number of amides is 1. The maximum absolute atomic E-state index is 14.9. The van der Waals surface area contributed by atoms with E-state index >= 15 is 0 Å². The number of aromatic amines is 1. The minimum Gasteiger partial charge on any atom is -0.491 e. The van der Waals surface area contributed by atoms with Gasteiger partial charge in [0.15, 0.2) is 0 Å². The second-order valence-corrected chi connectivity index (χ2v) is 27.4. The molecule has 1 amide bonds. The SMILES string of the molecule is COc1nc(CN2CCN(C3CC4(CCN(c5ccc(C(=O)NS(=O)(=O)c6ccc(NC[C@H]7CC[C@](C)(O)CC7)c([N+](=O)[O-])c6)c(N6c7cc8cc[nH]c8nc7O[C@H]7COCC[C@@H]76)c5)CC4)C3)[C@@H](c3ccccc3OC(C)C)C2)ccc1N1CCOCC1. The number of anilines is 5. The van der Waals surface area contributed by atoms with Crippen LogP contribution in [0.3, 0.4) is 0 Å². The minimum absolute atomic E-state index is 0.0217. The van der Waals surface area contributed by atoms with E-state index in [1.165, 1.54) is 17.7 Å². The number of aliphatic hydroxyl groups is 1. The molecule has 6 fully saturated rings. The number of rotatable bonds is 17. The first-order valence-corrected chi connectivity index (χ1v) is 32.8. The van der Waals surface area contributed by atoms with Gasteiger partial charge in [-0.15, -0.1) is 0 Å². The molecule has 0 radical (unpaired) electrons. The van der Waals surface area contributed by atoms with Crippen molar-refractivity contribution in [3.63, 3.8) is 0 Å². The van der Waals surface area contributed by atoms with Crippen molar-refractivity contribution in [1.82, 2.24) is 29.5 Å². The van der Waals surface area contributed by atoms with E-state index in [9.17, 15) is 28.4 Å². The van der Waals surface area contributed by atoms with Crippen LogP contribution in [0.5, 0.6) is 17.5 Å². The zero-order chi connectivity index (χ0) is 60.9. The lowest BCUT2D eigenvalue weighted by Crippen LogP contribution is -2.59. The molecule has 468 valence electrons. The van der Waals surface area contributed by atoms with E-state index in [4.69, 9.17) is 33.7 Å². The van der Waals surface area contributed by atoms with E-state index in [2.05, 4.69) is 89.8 Å². The summed E-state index contributed by atoms with van der Waals surface area (Å²) >= 11 is 0. The summed E-state index contributed by atoms with van der Waals surface area (Å²) in [6.07, 6.45) is 8.80. The van der Waals surface area contributed by atoms with Crippen LogP contribution in [-0.2, 0) is 26.0 Å². The van der Waals surface area contributed by atoms with Crippen molar-refractivity contribution in [1.29, 1.82) is 0 Å². The number of piperazine rings is 1. The van der Waals surface area contributed by atoms with Crippen molar-refractivity contribution >= 4 is 61.1 Å². The van der Waals surface area contributed by atoms with Gasteiger partial charge in [0.2, 0.25) is 11.8 Å². The average molecular weight is 1220 g/mol. The predicted octanol–water partition coefficient (Wildman–Crippen LogP) is 8.97. The number of nitro groups is 1. The number of methoxy groups -OCH3 is 1. The molecule has 88 heavy (non-hydrogen) atoms. The molecule has 2 saturated carbocycles. The highest BCUT2D eigenvalue weighted by molar-refractivity contribution is 7.90. The summed E-state index contributed by atoms with van der Waals surface area (Å²) < 4.78 is 61.5. The van der Waals surface area contributed by atoms with Crippen molar-refractivity contribution in [3.8, 4) is 17.5 Å². The zero-order valence-corrected chi connectivity index (χ0v) is 51.5. The van der Waals surface area contributed by atoms with Crippen molar-refractivity contribution in [2.45, 2.75) is 126 Å². The van der Waals surface area contributed by atoms with Crippen molar-refractivity contribution in [2.75, 3.05) is 106 Å². The number of H-pyrrole nitrogens is 1. The van der Waals surface area contributed by atoms with Gasteiger partial charge in [0.1, 0.15) is 34.6 Å². The van der Waals surface area contributed by atoms with Gasteiger partial charge in [0.05, 0.1) is 77.5 Å². The fraction of sp³-hybridized carbons (Fsp3) is 0.523. The highest BCUT2D eigenvalue weighted by atomic mass is 32.2. The Balaban J connectivity index is 0.745. The average Bonchev–Trinajstić information content (AvgIpc) is 0.974. The van der Waals surface area contributed by atoms with E-state index < -0.39 is 43.1 Å². The molecule has 13 rings (SSSR count). The lowest BCUT2D eigenvalue weighted by Gasteiger charge is -2.58. The molecule has 23 heteroatoms. The summed E-state index contributed by atoms with van der Waals surface area (Å²) in [6.45, 7) is 15.0. The second-order valence-electron chi connectivity index (χ2n) is 25.8. The number of ether oxygens (including phenoxy) is 5. The molecule has 4 saturated heterocycles. The number of fused-ring (bicyclic) bond motifs is 3. The molecule has 5 aliphatic heterocycles. The molecule has 4 N–H and O–H groups in total. The number of benzene rings is 3. The Morgan fingerprint density at radius 2 is 1.67 bits per heavy atom. The van der Waals surface area contributed by atoms with Crippen LogP contribution in [0.25, 0.3) is 11.0 Å². The van der Waals surface area contributed by atoms with E-state index in [0.717, 1.165) is 119 Å². The molecule has 1 spiro atoms. The van der Waals surface area contributed by atoms with E-state index in [1.54, 1.807) is 13.2 Å². The van der Waals surface area contributed by atoms with Gasteiger partial charge in [-0.05, 0) is 151 Å². The Kier molecular flexibility index (Phi) is 16.7. The summed E-state index contributed by atoms with van der Waals surface area (Å²) in [4.78, 5) is 51.4. The first kappa shape index (κ1) is 59.7. The molecule has 3 atom stereocenters. The summed E-state index contributed by atoms with van der Waals surface area (Å²) in [6, 6.07) is 26.1. The third-order valence-electron chi connectivity index (χ3n) is 19.5. The van der Waals surface area contributed by atoms with Crippen LogP contribution < -0.4 is 38.9 Å². The van der Waals surface area contributed by atoms with Gasteiger partial charge in [-0.25, -0.2) is 18.1 Å². The van der Waals surface area contributed by atoms with Gasteiger partial charge >= 0.3 is 0 Å². The number of nitrogens with zero attached hydrogens (tertiary/aromatic N) is 8. The molecule has 8 heterocycles. The Labute approximate surface area is 514 Å². The number of pyridine rings is 2. The second kappa shape index (κ2) is 24.6. The van der Waals surface area contributed by atoms with Crippen molar-refractivity contribution in [2.24, 2.45) is 11.3 Å². The molecule has 3 aromatic carbocycles. The molecular weight excluding hydrogens is 1140 g/mol. The molecule has 0 unspecified atom stereocenters. The van der Waals surface area contributed by atoms with E-state index in [-0.39, 0.29) is 47.4 Å². The number of hydrogen-bond acceptors (Lipinski definition) is 19. The largest absolute Gasteiger partial charge is 0.491 e. The Morgan fingerprint density at radius 1 is 0.875 bits per heavy atom. The van der Waals surface area contributed by atoms with Crippen LogP contribution in [0.4, 0.5) is 34.1 Å². The number of sulfonamides is 1. The Hall–Kier alpha value is -7.28. The first-order valence-electron chi connectivity index (χ1n) is 31.3. The standard InChI is InChI=1S/C65H81N11O11S/c1-42(2)86-58-8-6-5-7-49(58)57-40-71(39-45-9-14-53(62(68-45)83-4)73-28-31-84-32-29-73)26-27-74(57)47-36-65(37-47)21-24-72(25-22-65)46-10-12-50(54(34-46)75-52-18-30-85-41-59(52)87-63-56(75)33-44-17-23-66-60(44)69-63)61(77)70-88(81,82)48-11-13-51(55(35-48)76(79)80)67-38-43-15-19-64(3,78)20-16-43/h5-14,17,23,33-35,42-43,47,52,57,59,67,78H,15-16,18-22,24-32,36-41H2,1-4H3,(H,66,69)(H,70,77)/t43-,52-,57+,59-,64-/m0/s1. The van der Waals surface area contributed by atoms with Crippen LogP contribution >= 0.6 is 0 Å². The summed E-state index contributed by atoms with van der Waals surface area (Å²) in [5.74, 6) is 1.21. The Morgan fingerprint density at radius 3 is 2.44 bits per heavy atom. The van der Waals surface area contributed by atoms with Crippen molar-refractivity contribution in [3.05, 3.63) is 118 Å². The predicted molar refractivity (Wildman–Crippen MR) is 335 cm³/mol. The van der Waals surface area contributed by atoms with Crippen LogP contribution in [-0.4, -0.2) is 165 Å². The molecule has 3 aromatic heterocycles. The number of carbonyl (C=O) groups is 1. The number of aromatic nitrogens is 3. The zero-order valence-electron chi connectivity index (χ0n) is 50.7. The van der Waals surface area contributed by atoms with Crippen molar-refractivity contribution < 1.29 is 46.9 Å². The monoisotopic (exact) mass is 1220 g/mol. The number of carbonyl (C=O) groups excluding carboxylic acids is 1. The van der Waals surface area contributed by atoms with Gasteiger partial charge in [-0.2, -0.15) is 4.98 Å². The number of para-hydroxylation sites is 1. The Bertz CT molecular complexity index is 3650. The number of morpholine rings is 1. The topological polar surface area (TPSA) is 243 Å². The minimum atomic E-state index is -4.66. The van der Waals surface area contributed by atoms with Gasteiger partial charge in [-0.3, -0.25) is 24.7 Å². The number of nitrogens with one attached hydrogen (secondary N) is 3. The van der Waals surface area contributed by atoms with Crippen LogP contribution in [0.15, 0.2) is 96.0 Å². The van der Waals surface area contributed by atoms with Crippen LogP contribution in [0.1, 0.15) is 106 Å². The number of hydrogen-bond donors (Lipinski definition) is 4. The molecule has 7 aliphatic rings. The summed E-state index contributed by atoms with van der Waals surface area (Å²) in [5, 5.41) is 26.9. The number of nitro benzene ring substituents is 1. The van der Waals surface area contributed by atoms with Crippen LogP contribution in [0.2, 0.25) is 0 Å². The maximum Gasteiger partial charge on any atom is 0.293 e. The quantitative estimate of drug-likeness (QED) is 0.0492. The van der Waals surface area contributed by atoms with Gasteiger partial charge in [-0.1, -0.05) is 18.2 Å². The number of piperidine rings is 1. The lowest BCUT2D eigenvalue weighted by molar-refractivity contribution is -0.384. The fourth-order valence-electron chi connectivity index (χ4n) is 14.7. The van der Waals surface area contributed by atoms with Crippen LogP contribution in [0, 0.1) is 21.4 Å². The normalized spacial score (nSPS) is 24.3. The third kappa shape index (κ3) is 12.3. The third-order valence-corrected chi connectivity index (χ3v) is 20.9. The fourth-order valence-corrected chi connectivity index (χ4v) is 15.7. The summed E-state index contributed by atoms with van der Waals surface area (Å²) in [5.41, 5.74) is 5.08. The molecule has 22 nitrogen and oxygen atoms in total. The molecule has 2 aliphatic carbocycles. The van der Waals surface area contributed by atoms with E-state index in [1.807, 2.05) is 37.4 Å². The lowest BCUT2D eigenvalue weighted by atomic mass is 9.59. The highest BCUT2D eigenvalue weighted by Crippen LogP contribution is 2.54. The molecular formula is C65H81N11O11S. The van der Waals surface area contributed by atoms with Gasteiger partial charge in [0.25, 0.3) is 21.6 Å². The molecule has 6 aromatic rings. The smallest absolute Gasteiger partial charge is 0.293 e. The summed E-state index contributed by atoms with van der Waals surface area (Å²) in [7, 11) is -2.96. The highest BCUT2D eigenvalue weighted by Gasteiger charge is 2.51.